The Morgan fingerprint density at radius 2 is 1.61 bits per heavy atom. The van der Waals surface area contributed by atoms with E-state index in [4.69, 9.17) is 21.1 Å². The largest absolute Gasteiger partial charge is 0.496 e. The van der Waals surface area contributed by atoms with Gasteiger partial charge in [-0.05, 0) is 36.2 Å². The molecule has 174 valence electrons. The Morgan fingerprint density at radius 3 is 2.30 bits per heavy atom. The number of methoxy groups -OCH3 is 2. The molecule has 0 bridgehead atoms. The fourth-order valence-corrected chi connectivity index (χ4v) is 4.93. The summed E-state index contributed by atoms with van der Waals surface area (Å²) < 4.78 is 39.4. The zero-order valence-electron chi connectivity index (χ0n) is 18.2. The maximum Gasteiger partial charge on any atom is 0.245 e. The van der Waals surface area contributed by atoms with Crippen LogP contribution in [-0.4, -0.2) is 34.6 Å². The van der Waals surface area contributed by atoms with Crippen LogP contribution in [0.1, 0.15) is 11.1 Å². The van der Waals surface area contributed by atoms with E-state index in [0.717, 1.165) is 11.1 Å². The maximum atomic E-state index is 13.2. The van der Waals surface area contributed by atoms with E-state index in [1.54, 1.807) is 13.2 Å². The van der Waals surface area contributed by atoms with Crippen LogP contribution < -0.4 is 19.5 Å². The number of hydrogen-bond donors (Lipinski definition) is 2. The molecule has 0 aliphatic heterocycles. The summed E-state index contributed by atoms with van der Waals surface area (Å²) in [6, 6.07) is 19.6. The molecule has 33 heavy (non-hydrogen) atoms. The first kappa shape index (κ1) is 24.6. The molecule has 1 atom stereocenters. The van der Waals surface area contributed by atoms with Gasteiger partial charge in [0, 0.05) is 17.1 Å². The fourth-order valence-electron chi connectivity index (χ4n) is 3.30. The van der Waals surface area contributed by atoms with E-state index in [2.05, 4.69) is 10.0 Å². The summed E-state index contributed by atoms with van der Waals surface area (Å²) in [4.78, 5) is 13.0. The Balaban J connectivity index is 1.86. The van der Waals surface area contributed by atoms with Crippen LogP contribution >= 0.6 is 11.6 Å². The molecule has 3 aromatic rings. The predicted molar refractivity (Wildman–Crippen MR) is 127 cm³/mol. The average molecular weight is 489 g/mol. The van der Waals surface area contributed by atoms with Crippen LogP contribution in [0.25, 0.3) is 0 Å². The molecule has 7 nitrogen and oxygen atoms in total. The second-order valence-electron chi connectivity index (χ2n) is 7.19. The number of carbonyl (C=O) groups is 1. The zero-order chi connectivity index (χ0) is 23.8. The zero-order valence-corrected chi connectivity index (χ0v) is 19.8. The lowest BCUT2D eigenvalue weighted by atomic mass is 10.1. The molecule has 0 spiro atoms. The van der Waals surface area contributed by atoms with E-state index < -0.39 is 22.0 Å². The van der Waals surface area contributed by atoms with Gasteiger partial charge in [0.1, 0.15) is 22.4 Å². The molecule has 0 saturated carbocycles. The third-order valence-electron chi connectivity index (χ3n) is 4.96. The van der Waals surface area contributed by atoms with Crippen molar-refractivity contribution in [2.45, 2.75) is 23.9 Å². The quantitative estimate of drug-likeness (QED) is 0.455. The summed E-state index contributed by atoms with van der Waals surface area (Å²) in [6.45, 7) is 0.177. The minimum Gasteiger partial charge on any atom is -0.496 e. The molecular weight excluding hydrogens is 464 g/mol. The van der Waals surface area contributed by atoms with Crippen molar-refractivity contribution in [3.63, 3.8) is 0 Å². The average Bonchev–Trinajstić information content (AvgIpc) is 2.82. The van der Waals surface area contributed by atoms with Gasteiger partial charge in [0.15, 0.2) is 0 Å². The monoisotopic (exact) mass is 488 g/mol. The minimum atomic E-state index is -4.13. The van der Waals surface area contributed by atoms with Gasteiger partial charge < -0.3 is 14.8 Å². The van der Waals surface area contributed by atoms with Crippen LogP contribution in [0, 0.1) is 0 Å². The maximum absolute atomic E-state index is 13.2. The van der Waals surface area contributed by atoms with Crippen molar-refractivity contribution in [3.8, 4) is 11.5 Å². The number of benzene rings is 3. The van der Waals surface area contributed by atoms with Crippen LogP contribution in [0.2, 0.25) is 5.02 Å². The molecule has 3 rings (SSSR count). The van der Waals surface area contributed by atoms with E-state index in [0.29, 0.717) is 5.75 Å². The van der Waals surface area contributed by atoms with Crippen molar-refractivity contribution in [2.24, 2.45) is 0 Å². The molecule has 9 heteroatoms. The summed E-state index contributed by atoms with van der Waals surface area (Å²) in [7, 11) is -1.22. The molecular formula is C24H25ClN2O5S. The number of sulfonamides is 1. The van der Waals surface area contributed by atoms with Crippen molar-refractivity contribution in [3.05, 3.63) is 88.9 Å². The molecule has 3 aromatic carbocycles. The molecule has 0 aliphatic carbocycles. The Labute approximate surface area is 198 Å². The van der Waals surface area contributed by atoms with Crippen molar-refractivity contribution < 1.29 is 22.7 Å². The highest BCUT2D eigenvalue weighted by atomic mass is 35.5. The Kier molecular flexibility index (Phi) is 8.32. The van der Waals surface area contributed by atoms with E-state index >= 15 is 0 Å². The van der Waals surface area contributed by atoms with Crippen LogP contribution in [0.15, 0.2) is 77.7 Å². The third kappa shape index (κ3) is 6.47. The SMILES string of the molecule is COc1ccccc1CNC(=O)[C@@H](Cc1ccccc1)NS(=O)(=O)c1cc(Cl)ccc1OC. The van der Waals surface area contributed by atoms with Gasteiger partial charge in [-0.3, -0.25) is 4.79 Å². The molecule has 0 radical (unpaired) electrons. The third-order valence-corrected chi connectivity index (χ3v) is 6.69. The van der Waals surface area contributed by atoms with Gasteiger partial charge in [0.05, 0.1) is 14.2 Å². The Hall–Kier alpha value is -3.07. The lowest BCUT2D eigenvalue weighted by Crippen LogP contribution is -2.47. The van der Waals surface area contributed by atoms with Crippen LogP contribution in [0.4, 0.5) is 0 Å². The van der Waals surface area contributed by atoms with Gasteiger partial charge in [-0.2, -0.15) is 4.72 Å². The number of halogens is 1. The van der Waals surface area contributed by atoms with Crippen molar-refractivity contribution in [2.75, 3.05) is 14.2 Å². The van der Waals surface area contributed by atoms with Crippen LogP contribution in [0.5, 0.6) is 11.5 Å². The van der Waals surface area contributed by atoms with Gasteiger partial charge in [0.25, 0.3) is 0 Å². The second kappa shape index (κ2) is 11.2. The van der Waals surface area contributed by atoms with Crippen molar-refractivity contribution in [1.82, 2.24) is 10.0 Å². The summed E-state index contributed by atoms with van der Waals surface area (Å²) in [5.74, 6) is 0.274. The van der Waals surface area contributed by atoms with Gasteiger partial charge in [-0.15, -0.1) is 0 Å². The van der Waals surface area contributed by atoms with Crippen LogP contribution in [0.3, 0.4) is 0 Å². The molecule has 0 unspecified atom stereocenters. The number of ether oxygens (including phenoxy) is 2. The van der Waals surface area contributed by atoms with Crippen molar-refractivity contribution in [1.29, 1.82) is 0 Å². The molecule has 2 N–H and O–H groups in total. The topological polar surface area (TPSA) is 93.7 Å². The number of hydrogen-bond acceptors (Lipinski definition) is 5. The summed E-state index contributed by atoms with van der Waals surface area (Å²) in [5, 5.41) is 3.04. The van der Waals surface area contributed by atoms with Gasteiger partial charge in [-0.1, -0.05) is 60.1 Å². The van der Waals surface area contributed by atoms with Gasteiger partial charge in [0.2, 0.25) is 15.9 Å². The molecule has 0 aromatic heterocycles. The molecule has 0 aliphatic rings. The predicted octanol–water partition coefficient (Wildman–Crippen LogP) is 3.56. The highest BCUT2D eigenvalue weighted by Gasteiger charge is 2.28. The lowest BCUT2D eigenvalue weighted by Gasteiger charge is -2.20. The van der Waals surface area contributed by atoms with E-state index in [1.165, 1.54) is 25.3 Å². The highest BCUT2D eigenvalue weighted by molar-refractivity contribution is 7.89. The molecule has 0 heterocycles. The summed E-state index contributed by atoms with van der Waals surface area (Å²) >= 11 is 6.02. The number of para-hydroxylation sites is 1. The van der Waals surface area contributed by atoms with Crippen molar-refractivity contribution >= 4 is 27.5 Å². The number of amides is 1. The molecule has 1 amide bonds. The van der Waals surface area contributed by atoms with Gasteiger partial charge in [-0.25, -0.2) is 8.42 Å². The summed E-state index contributed by atoms with van der Waals surface area (Å²) in [6.07, 6.45) is 0.153. The molecule has 0 fully saturated rings. The normalized spacial score (nSPS) is 12.1. The highest BCUT2D eigenvalue weighted by Crippen LogP contribution is 2.27. The molecule has 0 saturated heterocycles. The Morgan fingerprint density at radius 1 is 0.939 bits per heavy atom. The number of carbonyl (C=O) groups excluding carboxylic acids is 1. The summed E-state index contributed by atoms with van der Waals surface area (Å²) in [5.41, 5.74) is 1.57. The van der Waals surface area contributed by atoms with E-state index in [-0.39, 0.29) is 28.6 Å². The smallest absolute Gasteiger partial charge is 0.245 e. The van der Waals surface area contributed by atoms with Crippen LogP contribution in [-0.2, 0) is 27.8 Å². The first-order valence-electron chi connectivity index (χ1n) is 10.1. The first-order chi connectivity index (χ1) is 15.8. The van der Waals surface area contributed by atoms with E-state index in [9.17, 15) is 13.2 Å². The fraction of sp³-hybridized carbons (Fsp3) is 0.208. The standard InChI is InChI=1S/C24H25ClN2O5S/c1-31-21-11-7-6-10-18(21)16-26-24(28)20(14-17-8-4-3-5-9-17)27-33(29,30)23-15-19(25)12-13-22(23)32-2/h3-13,15,20,27H,14,16H2,1-2H3,(H,26,28)/t20-/m1/s1. The van der Waals surface area contributed by atoms with E-state index in [1.807, 2.05) is 48.5 Å². The number of rotatable bonds is 10. The lowest BCUT2D eigenvalue weighted by molar-refractivity contribution is -0.122. The minimum absolute atomic E-state index is 0.125. The van der Waals surface area contributed by atoms with Gasteiger partial charge >= 0.3 is 0 Å². The first-order valence-corrected chi connectivity index (χ1v) is 12.0. The number of nitrogens with one attached hydrogen (secondary N) is 2. The second-order valence-corrected chi connectivity index (χ2v) is 9.31. The Bertz CT molecular complexity index is 1200.